The quantitative estimate of drug-likeness (QED) is 0.602. The van der Waals surface area contributed by atoms with Gasteiger partial charge in [-0.25, -0.2) is 0 Å². The molecule has 4 nitrogen and oxygen atoms in total. The second-order valence-corrected chi connectivity index (χ2v) is 7.73. The third-order valence-electron chi connectivity index (χ3n) is 5.34. The van der Waals surface area contributed by atoms with Gasteiger partial charge in [-0.1, -0.05) is 29.8 Å². The first kappa shape index (κ1) is 20.4. The molecule has 3 rings (SSSR count). The number of benzene rings is 2. The monoisotopic (exact) mass is 398 g/mol. The molecule has 1 saturated heterocycles. The maximum absolute atomic E-state index is 11.7. The molecule has 0 unspecified atom stereocenters. The fourth-order valence-electron chi connectivity index (χ4n) is 3.69. The zero-order valence-corrected chi connectivity index (χ0v) is 17.3. The van der Waals surface area contributed by atoms with Crippen molar-refractivity contribution >= 4 is 29.1 Å². The van der Waals surface area contributed by atoms with Crippen LogP contribution in [-0.4, -0.2) is 29.8 Å². The first-order valence-electron chi connectivity index (χ1n) is 9.90. The molecule has 2 aromatic rings. The Morgan fingerprint density at radius 3 is 2.32 bits per heavy atom. The number of amides is 2. The van der Waals surface area contributed by atoms with Gasteiger partial charge in [-0.3, -0.25) is 14.5 Å². The van der Waals surface area contributed by atoms with Gasteiger partial charge in [0.1, 0.15) is 0 Å². The van der Waals surface area contributed by atoms with Crippen molar-refractivity contribution in [3.05, 3.63) is 64.2 Å². The third kappa shape index (κ3) is 4.93. The molecule has 0 spiro atoms. The van der Waals surface area contributed by atoms with E-state index >= 15 is 0 Å². The van der Waals surface area contributed by atoms with E-state index in [0.29, 0.717) is 19.4 Å². The van der Waals surface area contributed by atoms with E-state index in [1.165, 1.54) is 21.6 Å². The number of likely N-dealkylation sites (tertiary alicyclic amines) is 1. The van der Waals surface area contributed by atoms with E-state index in [-0.39, 0.29) is 11.8 Å². The van der Waals surface area contributed by atoms with Crippen LogP contribution in [0.4, 0.5) is 5.69 Å². The van der Waals surface area contributed by atoms with Crippen LogP contribution in [-0.2, 0) is 22.6 Å². The van der Waals surface area contributed by atoms with Crippen LogP contribution < -0.4 is 4.90 Å². The highest BCUT2D eigenvalue weighted by Crippen LogP contribution is 2.22. The lowest BCUT2D eigenvalue weighted by atomic mass is 10.0. The molecule has 2 aromatic carbocycles. The van der Waals surface area contributed by atoms with Gasteiger partial charge in [-0.15, -0.1) is 0 Å². The van der Waals surface area contributed by atoms with Crippen molar-refractivity contribution in [3.63, 3.8) is 0 Å². The fraction of sp³-hybridized carbons (Fsp3) is 0.391. The average Bonchev–Trinajstić information content (AvgIpc) is 3.00. The van der Waals surface area contributed by atoms with E-state index in [0.717, 1.165) is 36.6 Å². The predicted molar refractivity (Wildman–Crippen MR) is 114 cm³/mol. The van der Waals surface area contributed by atoms with Gasteiger partial charge < -0.3 is 4.90 Å². The second kappa shape index (κ2) is 9.24. The molecule has 0 radical (unpaired) electrons. The molecule has 0 atom stereocenters. The van der Waals surface area contributed by atoms with E-state index in [4.69, 9.17) is 11.6 Å². The standard InChI is InChI=1S/C23H27ClN2O2/c1-3-25(21-10-8-20(24)9-11-21)16-18-6-7-19(17(2)15-18)5-4-14-26-22(27)12-13-23(26)28/h6-11,15H,3-5,12-14,16H2,1-2H3. The zero-order chi connectivity index (χ0) is 20.1. The SMILES string of the molecule is CCN(Cc1ccc(CCCN2C(=O)CCC2=O)c(C)c1)c1ccc(Cl)cc1. The van der Waals surface area contributed by atoms with E-state index in [9.17, 15) is 9.59 Å². The molecule has 1 heterocycles. The molecular weight excluding hydrogens is 372 g/mol. The summed E-state index contributed by atoms with van der Waals surface area (Å²) in [6.07, 6.45) is 2.42. The molecule has 2 amide bonds. The summed E-state index contributed by atoms with van der Waals surface area (Å²) >= 11 is 6.00. The summed E-state index contributed by atoms with van der Waals surface area (Å²) < 4.78 is 0. The van der Waals surface area contributed by atoms with Crippen molar-refractivity contribution in [1.82, 2.24) is 4.90 Å². The van der Waals surface area contributed by atoms with Gasteiger partial charge in [-0.05, 0) is 67.6 Å². The van der Waals surface area contributed by atoms with Gasteiger partial charge in [0.25, 0.3) is 0 Å². The minimum absolute atomic E-state index is 0.0288. The van der Waals surface area contributed by atoms with E-state index in [1.54, 1.807) is 0 Å². The molecule has 1 aliphatic heterocycles. The predicted octanol–water partition coefficient (Wildman–Crippen LogP) is 4.76. The fourth-order valence-corrected chi connectivity index (χ4v) is 3.82. The topological polar surface area (TPSA) is 40.6 Å². The minimum atomic E-state index is -0.0288. The Morgan fingerprint density at radius 1 is 1.04 bits per heavy atom. The van der Waals surface area contributed by atoms with Crippen molar-refractivity contribution in [2.75, 3.05) is 18.0 Å². The summed E-state index contributed by atoms with van der Waals surface area (Å²) in [5.41, 5.74) is 4.96. The number of carbonyl (C=O) groups excluding carboxylic acids is 2. The van der Waals surface area contributed by atoms with Gasteiger partial charge in [0.05, 0.1) is 0 Å². The normalized spacial score (nSPS) is 14.0. The Bertz CT molecular complexity index is 832. The highest BCUT2D eigenvalue weighted by atomic mass is 35.5. The lowest BCUT2D eigenvalue weighted by molar-refractivity contribution is -0.138. The maximum atomic E-state index is 11.7. The van der Waals surface area contributed by atoms with Crippen LogP contribution in [0.25, 0.3) is 0 Å². The number of anilines is 1. The molecule has 148 valence electrons. The highest BCUT2D eigenvalue weighted by molar-refractivity contribution is 6.30. The molecular formula is C23H27ClN2O2. The number of hydrogen-bond donors (Lipinski definition) is 0. The van der Waals surface area contributed by atoms with Crippen molar-refractivity contribution < 1.29 is 9.59 Å². The van der Waals surface area contributed by atoms with Gasteiger partial charge in [-0.2, -0.15) is 0 Å². The van der Waals surface area contributed by atoms with Crippen LogP contribution in [0.2, 0.25) is 5.02 Å². The van der Waals surface area contributed by atoms with Crippen molar-refractivity contribution in [3.8, 4) is 0 Å². The molecule has 1 fully saturated rings. The number of hydrogen-bond acceptors (Lipinski definition) is 3. The first-order chi connectivity index (χ1) is 13.5. The number of aryl methyl sites for hydroxylation is 2. The van der Waals surface area contributed by atoms with Crippen LogP contribution in [0, 0.1) is 6.92 Å². The summed E-state index contributed by atoms with van der Waals surface area (Å²) in [6.45, 7) is 6.57. The van der Waals surface area contributed by atoms with E-state index in [1.807, 2.05) is 24.3 Å². The molecule has 5 heteroatoms. The van der Waals surface area contributed by atoms with Crippen LogP contribution >= 0.6 is 11.6 Å². The molecule has 0 aromatic heterocycles. The van der Waals surface area contributed by atoms with Crippen molar-refractivity contribution in [2.24, 2.45) is 0 Å². The number of nitrogens with zero attached hydrogens (tertiary/aromatic N) is 2. The molecule has 0 N–H and O–H groups in total. The van der Waals surface area contributed by atoms with E-state index in [2.05, 4.69) is 36.9 Å². The molecule has 0 saturated carbocycles. The Labute approximate surface area is 172 Å². The summed E-state index contributed by atoms with van der Waals surface area (Å²) in [7, 11) is 0. The number of halogens is 1. The third-order valence-corrected chi connectivity index (χ3v) is 5.59. The molecule has 0 aliphatic carbocycles. The first-order valence-corrected chi connectivity index (χ1v) is 10.3. The van der Waals surface area contributed by atoms with Gasteiger partial charge in [0.2, 0.25) is 11.8 Å². The summed E-state index contributed by atoms with van der Waals surface area (Å²) in [4.78, 5) is 27.1. The average molecular weight is 399 g/mol. The summed E-state index contributed by atoms with van der Waals surface area (Å²) in [6, 6.07) is 14.5. The van der Waals surface area contributed by atoms with Crippen molar-refractivity contribution in [2.45, 2.75) is 46.1 Å². The van der Waals surface area contributed by atoms with Crippen LogP contribution in [0.3, 0.4) is 0 Å². The summed E-state index contributed by atoms with van der Waals surface area (Å²) in [5.74, 6) is -0.0575. The lowest BCUT2D eigenvalue weighted by Gasteiger charge is -2.24. The van der Waals surface area contributed by atoms with Crippen LogP contribution in [0.15, 0.2) is 42.5 Å². The Kier molecular flexibility index (Phi) is 6.74. The highest BCUT2D eigenvalue weighted by Gasteiger charge is 2.27. The number of rotatable bonds is 8. The zero-order valence-electron chi connectivity index (χ0n) is 16.6. The Balaban J connectivity index is 1.59. The second-order valence-electron chi connectivity index (χ2n) is 7.29. The van der Waals surface area contributed by atoms with Gasteiger partial charge in [0, 0.05) is 43.2 Å². The summed E-state index contributed by atoms with van der Waals surface area (Å²) in [5, 5.41) is 0.748. The van der Waals surface area contributed by atoms with E-state index < -0.39 is 0 Å². The van der Waals surface area contributed by atoms with Crippen LogP contribution in [0.1, 0.15) is 42.9 Å². The Morgan fingerprint density at radius 2 is 1.71 bits per heavy atom. The van der Waals surface area contributed by atoms with Crippen LogP contribution in [0.5, 0.6) is 0 Å². The van der Waals surface area contributed by atoms with Crippen molar-refractivity contribution in [1.29, 1.82) is 0 Å². The minimum Gasteiger partial charge on any atom is -0.367 e. The van der Waals surface area contributed by atoms with Gasteiger partial charge >= 0.3 is 0 Å². The molecule has 28 heavy (non-hydrogen) atoms. The smallest absolute Gasteiger partial charge is 0.229 e. The molecule has 1 aliphatic rings. The largest absolute Gasteiger partial charge is 0.367 e. The Hall–Kier alpha value is -2.33. The molecule has 0 bridgehead atoms. The maximum Gasteiger partial charge on any atom is 0.229 e. The van der Waals surface area contributed by atoms with Gasteiger partial charge in [0.15, 0.2) is 0 Å². The lowest BCUT2D eigenvalue weighted by Crippen LogP contribution is -2.30. The number of imide groups is 1. The number of carbonyl (C=O) groups is 2.